The zero-order chi connectivity index (χ0) is 22.4. The number of hydrogen-bond acceptors (Lipinski definition) is 6. The number of benzene rings is 2. The van der Waals surface area contributed by atoms with Gasteiger partial charge in [-0.2, -0.15) is 0 Å². The van der Waals surface area contributed by atoms with Crippen molar-refractivity contribution in [1.29, 1.82) is 0 Å². The molecule has 1 amide bonds. The third-order valence-corrected chi connectivity index (χ3v) is 6.21. The molecule has 0 radical (unpaired) electrons. The SMILES string of the molecule is CCN1C(=O)/C(=C\c2cccc(OC)c2OCCCOc2ccc(C)cc2C)SC1=S. The zero-order valence-corrected chi connectivity index (χ0v) is 19.9. The van der Waals surface area contributed by atoms with Crippen molar-refractivity contribution in [3.63, 3.8) is 0 Å². The van der Waals surface area contributed by atoms with Crippen LogP contribution in [-0.2, 0) is 4.79 Å². The first kappa shape index (κ1) is 23.2. The molecule has 3 rings (SSSR count). The molecule has 0 aromatic heterocycles. The summed E-state index contributed by atoms with van der Waals surface area (Å²) in [7, 11) is 1.60. The van der Waals surface area contributed by atoms with Gasteiger partial charge in [-0.05, 0) is 44.5 Å². The van der Waals surface area contributed by atoms with Gasteiger partial charge < -0.3 is 14.2 Å². The minimum absolute atomic E-state index is 0.0758. The lowest BCUT2D eigenvalue weighted by Crippen LogP contribution is -2.27. The van der Waals surface area contributed by atoms with Gasteiger partial charge in [0.25, 0.3) is 5.91 Å². The quantitative estimate of drug-likeness (QED) is 0.286. The van der Waals surface area contributed by atoms with E-state index in [1.54, 1.807) is 12.0 Å². The van der Waals surface area contributed by atoms with Gasteiger partial charge in [-0.25, -0.2) is 0 Å². The van der Waals surface area contributed by atoms with E-state index in [2.05, 4.69) is 13.0 Å². The van der Waals surface area contributed by atoms with Crippen LogP contribution in [0.15, 0.2) is 41.3 Å². The summed E-state index contributed by atoms with van der Waals surface area (Å²) in [5, 5.41) is 0. The number of likely N-dealkylation sites (N-methyl/N-ethyl adjacent to an activating group) is 1. The first-order chi connectivity index (χ1) is 14.9. The monoisotopic (exact) mass is 457 g/mol. The molecule has 0 saturated carbocycles. The van der Waals surface area contributed by atoms with Gasteiger partial charge >= 0.3 is 0 Å². The average Bonchev–Trinajstić information content (AvgIpc) is 3.02. The van der Waals surface area contributed by atoms with Crippen molar-refractivity contribution in [2.24, 2.45) is 0 Å². The van der Waals surface area contributed by atoms with Crippen LogP contribution in [0.5, 0.6) is 17.2 Å². The predicted octanol–water partition coefficient (Wildman–Crippen LogP) is 5.38. The maximum atomic E-state index is 12.6. The fraction of sp³-hybridized carbons (Fsp3) is 0.333. The summed E-state index contributed by atoms with van der Waals surface area (Å²) in [5.74, 6) is 2.04. The molecule has 2 aromatic carbocycles. The molecule has 1 aliphatic heterocycles. The summed E-state index contributed by atoms with van der Waals surface area (Å²) >= 11 is 6.61. The second-order valence-corrected chi connectivity index (χ2v) is 8.80. The molecule has 164 valence electrons. The van der Waals surface area contributed by atoms with Gasteiger partial charge in [0.05, 0.1) is 25.2 Å². The van der Waals surface area contributed by atoms with Crippen molar-refractivity contribution in [2.75, 3.05) is 26.9 Å². The molecule has 1 aliphatic rings. The van der Waals surface area contributed by atoms with Crippen LogP contribution in [0.1, 0.15) is 30.0 Å². The lowest BCUT2D eigenvalue weighted by Gasteiger charge is -2.14. The van der Waals surface area contributed by atoms with Crippen LogP contribution in [0.3, 0.4) is 0 Å². The number of para-hydroxylation sites is 1. The maximum absolute atomic E-state index is 12.6. The van der Waals surface area contributed by atoms with Crippen molar-refractivity contribution in [1.82, 2.24) is 4.90 Å². The van der Waals surface area contributed by atoms with E-state index in [1.165, 1.54) is 17.3 Å². The number of thiocarbonyl (C=S) groups is 1. The molecule has 7 heteroatoms. The zero-order valence-electron chi connectivity index (χ0n) is 18.3. The molecule has 5 nitrogen and oxygen atoms in total. The van der Waals surface area contributed by atoms with Crippen LogP contribution in [0.25, 0.3) is 6.08 Å². The smallest absolute Gasteiger partial charge is 0.266 e. The van der Waals surface area contributed by atoms with Gasteiger partial charge in [0.2, 0.25) is 0 Å². The standard InChI is InChI=1S/C24H27NO4S2/c1-5-25-23(26)21(31-24(25)30)15-18-8-6-9-20(27-4)22(18)29-13-7-12-28-19-11-10-16(2)14-17(19)3/h6,8-11,14-15H,5,7,12-13H2,1-4H3/b21-15+. The number of rotatable bonds is 9. The Bertz CT molecular complexity index is 1000. The van der Waals surface area contributed by atoms with Crippen LogP contribution in [0, 0.1) is 13.8 Å². The number of ether oxygens (including phenoxy) is 3. The lowest BCUT2D eigenvalue weighted by molar-refractivity contribution is -0.121. The number of aryl methyl sites for hydroxylation is 2. The Balaban J connectivity index is 1.66. The first-order valence-corrected chi connectivity index (χ1v) is 11.4. The summed E-state index contributed by atoms with van der Waals surface area (Å²) in [6, 6.07) is 11.8. The molecule has 0 unspecified atom stereocenters. The van der Waals surface area contributed by atoms with Crippen LogP contribution < -0.4 is 14.2 Å². The molecule has 0 aliphatic carbocycles. The predicted molar refractivity (Wildman–Crippen MR) is 130 cm³/mol. The highest BCUT2D eigenvalue weighted by Crippen LogP contribution is 2.37. The van der Waals surface area contributed by atoms with Crippen LogP contribution in [0.4, 0.5) is 0 Å². The number of nitrogens with zero attached hydrogens (tertiary/aromatic N) is 1. The Morgan fingerprint density at radius 2 is 1.87 bits per heavy atom. The second-order valence-electron chi connectivity index (χ2n) is 7.12. The van der Waals surface area contributed by atoms with Gasteiger partial charge in [-0.15, -0.1) is 0 Å². The second kappa shape index (κ2) is 10.7. The number of carbonyl (C=O) groups is 1. The van der Waals surface area contributed by atoms with E-state index in [4.69, 9.17) is 26.4 Å². The van der Waals surface area contributed by atoms with Gasteiger partial charge in [0, 0.05) is 18.5 Å². The van der Waals surface area contributed by atoms with Crippen LogP contribution >= 0.6 is 24.0 Å². The fourth-order valence-corrected chi connectivity index (χ4v) is 4.63. The van der Waals surface area contributed by atoms with Crippen LogP contribution in [-0.4, -0.2) is 42.0 Å². The van der Waals surface area contributed by atoms with Gasteiger partial charge in [0.15, 0.2) is 11.5 Å². The topological polar surface area (TPSA) is 48.0 Å². The average molecular weight is 458 g/mol. The molecule has 0 N–H and O–H groups in total. The third-order valence-electron chi connectivity index (χ3n) is 4.83. The third kappa shape index (κ3) is 5.60. The van der Waals surface area contributed by atoms with E-state index in [1.807, 2.05) is 50.3 Å². The van der Waals surface area contributed by atoms with E-state index in [9.17, 15) is 4.79 Å². The van der Waals surface area contributed by atoms with Crippen molar-refractivity contribution < 1.29 is 19.0 Å². The van der Waals surface area contributed by atoms with Gasteiger partial charge in [-0.1, -0.05) is 53.8 Å². The fourth-order valence-electron chi connectivity index (χ4n) is 3.25. The van der Waals surface area contributed by atoms with Gasteiger partial charge in [-0.3, -0.25) is 9.69 Å². The lowest BCUT2D eigenvalue weighted by atomic mass is 10.1. The normalized spacial score (nSPS) is 15.0. The van der Waals surface area contributed by atoms with Gasteiger partial charge in [0.1, 0.15) is 10.1 Å². The van der Waals surface area contributed by atoms with E-state index in [0.717, 1.165) is 16.9 Å². The summed E-state index contributed by atoms with van der Waals surface area (Å²) in [5.41, 5.74) is 3.12. The van der Waals surface area contributed by atoms with Crippen molar-refractivity contribution in [3.05, 3.63) is 58.0 Å². The summed E-state index contributed by atoms with van der Waals surface area (Å²) in [6.07, 6.45) is 2.53. The largest absolute Gasteiger partial charge is 0.493 e. The molecule has 31 heavy (non-hydrogen) atoms. The minimum atomic E-state index is -0.0758. The molecule has 2 aromatic rings. The first-order valence-electron chi connectivity index (χ1n) is 10.2. The summed E-state index contributed by atoms with van der Waals surface area (Å²) in [4.78, 5) is 14.7. The molecule has 0 bridgehead atoms. The molecule has 0 spiro atoms. The molecular formula is C24H27NO4S2. The van der Waals surface area contributed by atoms with E-state index in [-0.39, 0.29) is 5.91 Å². The molecule has 1 heterocycles. The Kier molecular flexibility index (Phi) is 7.98. The highest BCUT2D eigenvalue weighted by molar-refractivity contribution is 8.26. The minimum Gasteiger partial charge on any atom is -0.493 e. The Hall–Kier alpha value is -2.51. The number of carbonyl (C=O) groups excluding carboxylic acids is 1. The van der Waals surface area contributed by atoms with E-state index in [0.29, 0.717) is 46.9 Å². The highest BCUT2D eigenvalue weighted by atomic mass is 32.2. The maximum Gasteiger partial charge on any atom is 0.266 e. The summed E-state index contributed by atoms with van der Waals surface area (Å²) in [6.45, 7) is 7.58. The number of methoxy groups -OCH3 is 1. The van der Waals surface area contributed by atoms with Crippen molar-refractivity contribution >= 4 is 40.3 Å². The van der Waals surface area contributed by atoms with E-state index < -0.39 is 0 Å². The Labute approximate surface area is 193 Å². The Morgan fingerprint density at radius 3 is 2.55 bits per heavy atom. The summed E-state index contributed by atoms with van der Waals surface area (Å²) < 4.78 is 18.0. The molecule has 1 saturated heterocycles. The Morgan fingerprint density at radius 1 is 1.10 bits per heavy atom. The number of hydrogen-bond donors (Lipinski definition) is 0. The molecular weight excluding hydrogens is 430 g/mol. The van der Waals surface area contributed by atoms with Crippen LogP contribution in [0.2, 0.25) is 0 Å². The van der Waals surface area contributed by atoms with E-state index >= 15 is 0 Å². The van der Waals surface area contributed by atoms with Crippen molar-refractivity contribution in [2.45, 2.75) is 27.2 Å². The highest BCUT2D eigenvalue weighted by Gasteiger charge is 2.31. The number of amides is 1. The molecule has 1 fully saturated rings. The number of thioether (sulfide) groups is 1. The molecule has 0 atom stereocenters. The van der Waals surface area contributed by atoms with Crippen molar-refractivity contribution in [3.8, 4) is 17.2 Å².